The van der Waals surface area contributed by atoms with E-state index in [-0.39, 0.29) is 6.10 Å². The molecule has 3 nitrogen and oxygen atoms in total. The van der Waals surface area contributed by atoms with Crippen molar-refractivity contribution in [2.24, 2.45) is 0 Å². The Bertz CT molecular complexity index is 384. The Kier molecular flexibility index (Phi) is 3.22. The molecule has 1 saturated carbocycles. The van der Waals surface area contributed by atoms with Gasteiger partial charge >= 0.3 is 0 Å². The van der Waals surface area contributed by atoms with E-state index in [4.69, 9.17) is 4.74 Å². The van der Waals surface area contributed by atoms with Crippen molar-refractivity contribution < 1.29 is 9.53 Å². The molecule has 0 N–H and O–H groups in total. The van der Waals surface area contributed by atoms with Crippen molar-refractivity contribution in [2.75, 3.05) is 0 Å². The molecule has 1 aromatic heterocycles. The van der Waals surface area contributed by atoms with E-state index in [2.05, 4.69) is 4.98 Å². The molecule has 86 valence electrons. The van der Waals surface area contributed by atoms with Gasteiger partial charge in [0.2, 0.25) is 5.88 Å². The molecule has 0 bridgehead atoms. The monoisotopic (exact) mass is 219 g/mol. The minimum Gasteiger partial charge on any atom is -0.474 e. The molecule has 0 unspecified atom stereocenters. The predicted octanol–water partition coefficient (Wildman–Crippen LogP) is 2.95. The molecule has 2 rings (SSSR count). The van der Waals surface area contributed by atoms with Crippen LogP contribution in [-0.2, 0) is 0 Å². The van der Waals surface area contributed by atoms with Crippen LogP contribution < -0.4 is 4.74 Å². The number of hydrogen-bond acceptors (Lipinski definition) is 3. The van der Waals surface area contributed by atoms with E-state index >= 15 is 0 Å². The number of carbonyl (C=O) groups excluding carboxylic acids is 1. The Balaban J connectivity index is 2.26. The second kappa shape index (κ2) is 4.64. The molecule has 0 aromatic carbocycles. The van der Waals surface area contributed by atoms with Crippen molar-refractivity contribution in [1.82, 2.24) is 4.98 Å². The highest BCUT2D eigenvalue weighted by Gasteiger charge is 2.22. The van der Waals surface area contributed by atoms with Gasteiger partial charge in [-0.3, -0.25) is 4.79 Å². The summed E-state index contributed by atoms with van der Waals surface area (Å²) in [4.78, 5) is 15.3. The third-order valence-corrected chi connectivity index (χ3v) is 2.91. The Labute approximate surface area is 95.8 Å². The molecular formula is C13H17NO2. The van der Waals surface area contributed by atoms with Gasteiger partial charge in [0.05, 0.1) is 11.7 Å². The lowest BCUT2D eigenvalue weighted by Gasteiger charge is -2.25. The lowest BCUT2D eigenvalue weighted by Crippen LogP contribution is -2.14. The smallest absolute Gasteiger partial charge is 0.224 e. The van der Waals surface area contributed by atoms with Crippen LogP contribution in [0.1, 0.15) is 55.1 Å². The fourth-order valence-corrected chi connectivity index (χ4v) is 1.80. The van der Waals surface area contributed by atoms with Crippen LogP contribution in [0.3, 0.4) is 0 Å². The van der Waals surface area contributed by atoms with E-state index in [1.54, 1.807) is 0 Å². The maximum Gasteiger partial charge on any atom is 0.224 e. The molecule has 0 amide bonds. The van der Waals surface area contributed by atoms with Gasteiger partial charge in [-0.1, -0.05) is 6.42 Å². The van der Waals surface area contributed by atoms with E-state index in [9.17, 15) is 4.79 Å². The lowest BCUT2D eigenvalue weighted by molar-refractivity contribution is 0.111. The Morgan fingerprint density at radius 1 is 1.44 bits per heavy atom. The van der Waals surface area contributed by atoms with Crippen LogP contribution in [0.25, 0.3) is 0 Å². The van der Waals surface area contributed by atoms with E-state index in [1.165, 1.54) is 19.3 Å². The highest BCUT2D eigenvalue weighted by molar-refractivity contribution is 5.78. The van der Waals surface area contributed by atoms with Gasteiger partial charge in [0.25, 0.3) is 0 Å². The summed E-state index contributed by atoms with van der Waals surface area (Å²) in [5.41, 5.74) is 1.60. The molecule has 0 radical (unpaired) electrons. The van der Waals surface area contributed by atoms with Gasteiger partial charge in [0, 0.05) is 11.6 Å². The van der Waals surface area contributed by atoms with E-state index in [0.29, 0.717) is 17.4 Å². The number of aromatic nitrogens is 1. The van der Waals surface area contributed by atoms with E-state index < -0.39 is 0 Å². The standard InChI is InChI=1S/C13H17NO2/c1-9(2)16-13-11(8-15)6-7-12(14-13)10-4-3-5-10/h6-10H,3-5H2,1-2H3. The van der Waals surface area contributed by atoms with Gasteiger partial charge in [0.15, 0.2) is 6.29 Å². The zero-order chi connectivity index (χ0) is 11.5. The summed E-state index contributed by atoms with van der Waals surface area (Å²) in [6, 6.07) is 3.76. The Morgan fingerprint density at radius 3 is 2.69 bits per heavy atom. The predicted molar refractivity (Wildman–Crippen MR) is 62.0 cm³/mol. The van der Waals surface area contributed by atoms with Crippen LogP contribution in [0.2, 0.25) is 0 Å². The first kappa shape index (κ1) is 11.1. The fraction of sp³-hybridized carbons (Fsp3) is 0.538. The molecule has 3 heteroatoms. The lowest BCUT2D eigenvalue weighted by atomic mass is 9.82. The fourth-order valence-electron chi connectivity index (χ4n) is 1.80. The van der Waals surface area contributed by atoms with Crippen LogP contribution in [0.5, 0.6) is 5.88 Å². The molecule has 0 saturated heterocycles. The van der Waals surface area contributed by atoms with Crippen molar-refractivity contribution in [2.45, 2.75) is 45.1 Å². The number of aldehydes is 1. The van der Waals surface area contributed by atoms with E-state index in [1.807, 2.05) is 26.0 Å². The van der Waals surface area contributed by atoms with Gasteiger partial charge in [-0.15, -0.1) is 0 Å². The van der Waals surface area contributed by atoms with Crippen molar-refractivity contribution >= 4 is 6.29 Å². The van der Waals surface area contributed by atoms with Crippen molar-refractivity contribution in [3.8, 4) is 5.88 Å². The summed E-state index contributed by atoms with van der Waals surface area (Å²) < 4.78 is 5.55. The van der Waals surface area contributed by atoms with Gasteiger partial charge in [-0.25, -0.2) is 4.98 Å². The molecule has 1 aliphatic carbocycles. The molecule has 1 heterocycles. The maximum absolute atomic E-state index is 10.9. The van der Waals surface area contributed by atoms with Gasteiger partial charge in [-0.2, -0.15) is 0 Å². The second-order valence-corrected chi connectivity index (χ2v) is 4.54. The first-order valence-electron chi connectivity index (χ1n) is 5.83. The average molecular weight is 219 g/mol. The summed E-state index contributed by atoms with van der Waals surface area (Å²) >= 11 is 0. The first-order chi connectivity index (χ1) is 7.70. The summed E-state index contributed by atoms with van der Waals surface area (Å²) in [6.45, 7) is 3.87. The van der Waals surface area contributed by atoms with Crippen LogP contribution >= 0.6 is 0 Å². The molecule has 0 spiro atoms. The van der Waals surface area contributed by atoms with Gasteiger partial charge in [0.1, 0.15) is 0 Å². The minimum atomic E-state index is 0.0443. The number of nitrogens with zero attached hydrogens (tertiary/aromatic N) is 1. The SMILES string of the molecule is CC(C)Oc1nc(C2CCC2)ccc1C=O. The highest BCUT2D eigenvalue weighted by Crippen LogP contribution is 2.36. The zero-order valence-electron chi connectivity index (χ0n) is 9.77. The summed E-state index contributed by atoms with van der Waals surface area (Å²) in [6.07, 6.45) is 4.53. The van der Waals surface area contributed by atoms with Crippen LogP contribution in [0.4, 0.5) is 0 Å². The molecule has 1 aromatic rings. The second-order valence-electron chi connectivity index (χ2n) is 4.54. The molecule has 0 atom stereocenters. The quantitative estimate of drug-likeness (QED) is 0.731. The minimum absolute atomic E-state index is 0.0443. The number of rotatable bonds is 4. The third-order valence-electron chi connectivity index (χ3n) is 2.91. The summed E-state index contributed by atoms with van der Waals surface area (Å²) in [7, 11) is 0. The van der Waals surface area contributed by atoms with Crippen molar-refractivity contribution in [3.05, 3.63) is 23.4 Å². The molecular weight excluding hydrogens is 202 g/mol. The number of hydrogen-bond donors (Lipinski definition) is 0. The Hall–Kier alpha value is -1.38. The van der Waals surface area contributed by atoms with Gasteiger partial charge in [-0.05, 0) is 38.8 Å². The van der Waals surface area contributed by atoms with Crippen LogP contribution in [-0.4, -0.2) is 17.4 Å². The zero-order valence-corrected chi connectivity index (χ0v) is 9.77. The highest BCUT2D eigenvalue weighted by atomic mass is 16.5. The Morgan fingerprint density at radius 2 is 2.19 bits per heavy atom. The topological polar surface area (TPSA) is 39.2 Å². The van der Waals surface area contributed by atoms with Gasteiger partial charge < -0.3 is 4.74 Å². The molecule has 1 aliphatic rings. The number of pyridine rings is 1. The summed E-state index contributed by atoms with van der Waals surface area (Å²) in [5.74, 6) is 1.05. The molecule has 16 heavy (non-hydrogen) atoms. The largest absolute Gasteiger partial charge is 0.474 e. The number of carbonyl (C=O) groups is 1. The van der Waals surface area contributed by atoms with Crippen molar-refractivity contribution in [1.29, 1.82) is 0 Å². The third kappa shape index (κ3) is 2.23. The molecule has 1 fully saturated rings. The van der Waals surface area contributed by atoms with Crippen LogP contribution in [0.15, 0.2) is 12.1 Å². The molecule has 0 aliphatic heterocycles. The van der Waals surface area contributed by atoms with E-state index in [0.717, 1.165) is 12.0 Å². The maximum atomic E-state index is 10.9. The van der Waals surface area contributed by atoms with Crippen molar-refractivity contribution in [3.63, 3.8) is 0 Å². The summed E-state index contributed by atoms with van der Waals surface area (Å²) in [5, 5.41) is 0. The number of ether oxygens (including phenoxy) is 1. The average Bonchev–Trinajstić information content (AvgIpc) is 2.14. The normalized spacial score (nSPS) is 15.9. The van der Waals surface area contributed by atoms with Crippen LogP contribution in [0, 0.1) is 0 Å². The first-order valence-corrected chi connectivity index (χ1v) is 5.83.